The number of hydrogen-bond acceptors (Lipinski definition) is 3. The molecule has 0 aromatic heterocycles. The van der Waals surface area contributed by atoms with Gasteiger partial charge in [0.05, 0.1) is 6.61 Å². The fraction of sp³-hybridized carbons (Fsp3) is 1.00. The number of nitrogens with one attached hydrogen (secondary N) is 1. The largest absolute Gasteiger partial charge is 0.395 e. The first kappa shape index (κ1) is 18.9. The fourth-order valence-electron chi connectivity index (χ4n) is 2.29. The van der Waals surface area contributed by atoms with Gasteiger partial charge >= 0.3 is 0 Å². The molecule has 0 saturated carbocycles. The van der Waals surface area contributed by atoms with Crippen molar-refractivity contribution in [3.8, 4) is 0 Å². The van der Waals surface area contributed by atoms with Gasteiger partial charge in [0.15, 0.2) is 0 Å². The van der Waals surface area contributed by atoms with Crippen LogP contribution >= 0.6 is 0 Å². The van der Waals surface area contributed by atoms with E-state index in [0.717, 1.165) is 32.7 Å². The average Bonchev–Trinajstić information content (AvgIpc) is 2.35. The summed E-state index contributed by atoms with van der Waals surface area (Å²) in [7, 11) is 0. The van der Waals surface area contributed by atoms with Crippen LogP contribution in [0.4, 0.5) is 0 Å². The quantitative estimate of drug-likeness (QED) is 0.573. The lowest BCUT2D eigenvalue weighted by Crippen LogP contribution is -2.44. The van der Waals surface area contributed by atoms with Crippen molar-refractivity contribution in [1.29, 1.82) is 0 Å². The number of hydrogen-bond donors (Lipinski definition) is 2. The van der Waals surface area contributed by atoms with Crippen LogP contribution in [0.1, 0.15) is 53.9 Å². The Balaban J connectivity index is 4.27. The van der Waals surface area contributed by atoms with Crippen molar-refractivity contribution >= 4 is 0 Å². The molecule has 0 aliphatic heterocycles. The molecular formula is C16H36N2O. The molecule has 0 aliphatic rings. The highest BCUT2D eigenvalue weighted by atomic mass is 16.3. The summed E-state index contributed by atoms with van der Waals surface area (Å²) in [6.45, 7) is 16.8. The highest BCUT2D eigenvalue weighted by molar-refractivity contribution is 4.80. The summed E-state index contributed by atoms with van der Waals surface area (Å²) in [5, 5.41) is 12.8. The molecule has 0 aliphatic carbocycles. The Morgan fingerprint density at radius 1 is 1.21 bits per heavy atom. The molecule has 0 bridgehead atoms. The van der Waals surface area contributed by atoms with Crippen LogP contribution in [-0.4, -0.2) is 49.3 Å². The van der Waals surface area contributed by atoms with Crippen molar-refractivity contribution in [2.24, 2.45) is 11.3 Å². The molecule has 116 valence electrons. The summed E-state index contributed by atoms with van der Waals surface area (Å²) in [6, 6.07) is 0. The predicted molar refractivity (Wildman–Crippen MR) is 84.5 cm³/mol. The Bertz CT molecular complexity index is 209. The summed E-state index contributed by atoms with van der Waals surface area (Å²) in [5.41, 5.74) is 0.303. The summed E-state index contributed by atoms with van der Waals surface area (Å²) in [5.74, 6) is 0.703. The number of rotatable bonds is 12. The Labute approximate surface area is 120 Å². The standard InChI is InChI=1S/C16H36N2O/c1-6-8-9-18(10-11-19)14-16(5,7-2)13-17-12-15(3)4/h15,17,19H,6-14H2,1-5H3. The maximum absolute atomic E-state index is 9.20. The van der Waals surface area contributed by atoms with E-state index in [1.54, 1.807) is 0 Å². The minimum atomic E-state index is 0.267. The average molecular weight is 272 g/mol. The van der Waals surface area contributed by atoms with Gasteiger partial charge in [0.1, 0.15) is 0 Å². The first-order valence-corrected chi connectivity index (χ1v) is 8.01. The van der Waals surface area contributed by atoms with Gasteiger partial charge in [0, 0.05) is 19.6 Å². The molecule has 0 rings (SSSR count). The molecule has 3 heteroatoms. The second-order valence-electron chi connectivity index (χ2n) is 6.54. The summed E-state index contributed by atoms with van der Waals surface area (Å²) in [4.78, 5) is 2.42. The SMILES string of the molecule is CCCCN(CCO)CC(C)(CC)CNCC(C)C. The minimum Gasteiger partial charge on any atom is -0.395 e. The van der Waals surface area contributed by atoms with Crippen LogP contribution in [-0.2, 0) is 0 Å². The number of aliphatic hydroxyl groups excluding tert-OH is 1. The lowest BCUT2D eigenvalue weighted by molar-refractivity contribution is 0.127. The van der Waals surface area contributed by atoms with E-state index in [1.165, 1.54) is 19.3 Å². The molecule has 19 heavy (non-hydrogen) atoms. The summed E-state index contributed by atoms with van der Waals surface area (Å²) < 4.78 is 0. The van der Waals surface area contributed by atoms with Gasteiger partial charge < -0.3 is 15.3 Å². The molecule has 0 aromatic carbocycles. The monoisotopic (exact) mass is 272 g/mol. The Kier molecular flexibility index (Phi) is 10.6. The van der Waals surface area contributed by atoms with Crippen LogP contribution in [0.3, 0.4) is 0 Å². The third-order valence-electron chi connectivity index (χ3n) is 3.81. The third kappa shape index (κ3) is 9.42. The zero-order chi connectivity index (χ0) is 14.7. The van der Waals surface area contributed by atoms with E-state index >= 15 is 0 Å². The molecule has 0 spiro atoms. The molecule has 0 fully saturated rings. The van der Waals surface area contributed by atoms with Gasteiger partial charge in [0.25, 0.3) is 0 Å². The molecule has 3 nitrogen and oxygen atoms in total. The van der Waals surface area contributed by atoms with E-state index < -0.39 is 0 Å². The predicted octanol–water partition coefficient (Wildman–Crippen LogP) is 2.74. The lowest BCUT2D eigenvalue weighted by Gasteiger charge is -2.35. The van der Waals surface area contributed by atoms with Crippen LogP contribution in [0.2, 0.25) is 0 Å². The Hall–Kier alpha value is -0.120. The molecule has 0 radical (unpaired) electrons. The van der Waals surface area contributed by atoms with Crippen LogP contribution in [0.5, 0.6) is 0 Å². The van der Waals surface area contributed by atoms with Crippen molar-refractivity contribution in [2.75, 3.05) is 39.3 Å². The van der Waals surface area contributed by atoms with E-state index in [0.29, 0.717) is 11.3 Å². The van der Waals surface area contributed by atoms with Gasteiger partial charge in [-0.15, -0.1) is 0 Å². The lowest BCUT2D eigenvalue weighted by atomic mass is 9.86. The van der Waals surface area contributed by atoms with E-state index in [4.69, 9.17) is 0 Å². The highest BCUT2D eigenvalue weighted by Gasteiger charge is 2.24. The van der Waals surface area contributed by atoms with Crippen molar-refractivity contribution < 1.29 is 5.11 Å². The molecule has 0 saturated heterocycles. The van der Waals surface area contributed by atoms with E-state index in [-0.39, 0.29) is 6.61 Å². The van der Waals surface area contributed by atoms with Crippen molar-refractivity contribution in [1.82, 2.24) is 10.2 Å². The Morgan fingerprint density at radius 2 is 1.89 bits per heavy atom. The number of unbranched alkanes of at least 4 members (excludes halogenated alkanes) is 1. The normalized spacial score (nSPS) is 15.2. The first-order chi connectivity index (χ1) is 8.97. The second kappa shape index (κ2) is 10.6. The van der Waals surface area contributed by atoms with Crippen LogP contribution < -0.4 is 5.32 Å². The molecule has 1 unspecified atom stereocenters. The fourth-order valence-corrected chi connectivity index (χ4v) is 2.29. The van der Waals surface area contributed by atoms with E-state index in [9.17, 15) is 5.11 Å². The van der Waals surface area contributed by atoms with Crippen LogP contribution in [0, 0.1) is 11.3 Å². The number of aliphatic hydroxyl groups is 1. The smallest absolute Gasteiger partial charge is 0.0558 e. The molecular weight excluding hydrogens is 236 g/mol. The van der Waals surface area contributed by atoms with Gasteiger partial charge in [-0.2, -0.15) is 0 Å². The minimum absolute atomic E-state index is 0.267. The van der Waals surface area contributed by atoms with Gasteiger partial charge in [-0.25, -0.2) is 0 Å². The second-order valence-corrected chi connectivity index (χ2v) is 6.54. The van der Waals surface area contributed by atoms with Gasteiger partial charge in [-0.05, 0) is 37.3 Å². The van der Waals surface area contributed by atoms with Crippen molar-refractivity contribution in [2.45, 2.75) is 53.9 Å². The van der Waals surface area contributed by atoms with E-state index in [1.807, 2.05) is 0 Å². The van der Waals surface area contributed by atoms with Crippen molar-refractivity contribution in [3.05, 3.63) is 0 Å². The van der Waals surface area contributed by atoms with Crippen LogP contribution in [0.25, 0.3) is 0 Å². The summed E-state index contributed by atoms with van der Waals surface area (Å²) in [6.07, 6.45) is 3.61. The summed E-state index contributed by atoms with van der Waals surface area (Å²) >= 11 is 0. The molecule has 2 N–H and O–H groups in total. The first-order valence-electron chi connectivity index (χ1n) is 8.01. The molecule has 0 amide bonds. The molecule has 0 aromatic rings. The number of nitrogens with zero attached hydrogens (tertiary/aromatic N) is 1. The zero-order valence-electron chi connectivity index (χ0n) is 13.8. The third-order valence-corrected chi connectivity index (χ3v) is 3.81. The molecule has 0 heterocycles. The highest BCUT2D eigenvalue weighted by Crippen LogP contribution is 2.22. The van der Waals surface area contributed by atoms with Gasteiger partial charge in [0.2, 0.25) is 0 Å². The molecule has 1 atom stereocenters. The van der Waals surface area contributed by atoms with E-state index in [2.05, 4.69) is 44.8 Å². The maximum Gasteiger partial charge on any atom is 0.0558 e. The zero-order valence-corrected chi connectivity index (χ0v) is 13.8. The van der Waals surface area contributed by atoms with Crippen molar-refractivity contribution in [3.63, 3.8) is 0 Å². The van der Waals surface area contributed by atoms with Gasteiger partial charge in [-0.1, -0.05) is 41.0 Å². The van der Waals surface area contributed by atoms with Gasteiger partial charge in [-0.3, -0.25) is 0 Å². The maximum atomic E-state index is 9.20. The topological polar surface area (TPSA) is 35.5 Å². The Morgan fingerprint density at radius 3 is 2.37 bits per heavy atom. The van der Waals surface area contributed by atoms with Crippen LogP contribution in [0.15, 0.2) is 0 Å².